The number of aromatic amines is 1. The number of aliphatic hydroxyl groups is 1. The van der Waals surface area contributed by atoms with Gasteiger partial charge in [0, 0.05) is 139 Å². The normalized spacial score (nSPS) is 20.8. The molecule has 0 aliphatic carbocycles. The van der Waals surface area contributed by atoms with E-state index in [2.05, 4.69) is 42.2 Å². The van der Waals surface area contributed by atoms with Crippen molar-refractivity contribution in [2.75, 3.05) is 110 Å². The summed E-state index contributed by atoms with van der Waals surface area (Å²) in [6.45, 7) is 2.14. The fourth-order valence-corrected chi connectivity index (χ4v) is 12.7. The summed E-state index contributed by atoms with van der Waals surface area (Å²) in [5.41, 5.74) is 8.18. The van der Waals surface area contributed by atoms with Crippen LogP contribution in [0.1, 0.15) is 68.6 Å². The number of phenols is 1. The van der Waals surface area contributed by atoms with Crippen molar-refractivity contribution in [3.8, 4) is 5.75 Å². The number of H-pyrrole nitrogens is 1. The summed E-state index contributed by atoms with van der Waals surface area (Å²) in [7, 11) is 1.31. The van der Waals surface area contributed by atoms with E-state index in [0.29, 0.717) is 36.0 Å². The van der Waals surface area contributed by atoms with Gasteiger partial charge in [-0.1, -0.05) is 60.7 Å². The number of fused-ring (bicyclic) bond motifs is 1. The number of carboxylic acids is 4. The summed E-state index contributed by atoms with van der Waals surface area (Å²) >= 11 is 0.996. The Morgan fingerprint density at radius 3 is 1.66 bits per heavy atom. The number of hydrogen-bond acceptors (Lipinski definition) is 20. The van der Waals surface area contributed by atoms with E-state index in [1.54, 1.807) is 62.2 Å². The van der Waals surface area contributed by atoms with Crippen LogP contribution in [0.3, 0.4) is 0 Å². The van der Waals surface area contributed by atoms with Crippen molar-refractivity contribution in [2.45, 2.75) is 120 Å². The molecule has 2 saturated heterocycles. The number of thioether (sulfide) groups is 1. The van der Waals surface area contributed by atoms with Gasteiger partial charge >= 0.3 is 23.9 Å². The molecular formula is C68H96LuN14O18S. The second kappa shape index (κ2) is 43.8. The molecule has 6 rings (SSSR count). The van der Waals surface area contributed by atoms with E-state index in [4.69, 9.17) is 5.73 Å². The SMILES string of the molecule is C[C@@H](O)[C@@H]1NC(=O)[C@H](CCCCN)NC(=O)[C@@H](Cc2c[nH]c3ccccc23)NC(=O)[C@H](Cc2ccc(O)cc2)NC(=O)[C@H](CCSCC(=O)N[C@H](CCCCNC(=O)CN2CCN(CC(=O)O)CCN(CC(=O)O)CCN(CC(=O)O)CC2)C(=O)O)N(C)C(=O)[C@H](Cc2ccccc2)NC1=O.[Lu]. The molecule has 102 heavy (non-hydrogen) atoms. The van der Waals surface area contributed by atoms with Gasteiger partial charge in [-0.25, -0.2) is 4.79 Å². The van der Waals surface area contributed by atoms with E-state index in [0.717, 1.165) is 27.6 Å². The summed E-state index contributed by atoms with van der Waals surface area (Å²) in [6, 6.07) is 11.4. The first-order valence-electron chi connectivity index (χ1n) is 33.7. The number of phenolic OH excluding ortho intramolecular Hbond substituents is 1. The van der Waals surface area contributed by atoms with Crippen LogP contribution in [0, 0.1) is 36.9 Å². The number of para-hydroxylation sites is 1. The van der Waals surface area contributed by atoms with Crippen LogP contribution < -0.4 is 43.0 Å². The number of nitrogens with zero attached hydrogens (tertiary/aromatic N) is 5. The Morgan fingerprint density at radius 1 is 0.578 bits per heavy atom. The Labute approximate surface area is 624 Å². The van der Waals surface area contributed by atoms with E-state index >= 15 is 14.4 Å². The maximum absolute atomic E-state index is 15.2. The quantitative estimate of drug-likeness (QED) is 0.0246. The third-order valence-corrected chi connectivity index (χ3v) is 18.4. The number of aliphatic hydroxyl groups excluding tert-OH is 1. The van der Waals surface area contributed by atoms with E-state index in [1.165, 1.54) is 38.2 Å². The van der Waals surface area contributed by atoms with Crippen molar-refractivity contribution in [2.24, 2.45) is 5.73 Å². The molecule has 2 aliphatic rings. The molecule has 0 spiro atoms. The maximum Gasteiger partial charge on any atom is 0.326 e. The van der Waals surface area contributed by atoms with Crippen molar-refractivity contribution < 1.29 is 125 Å². The fraction of sp³-hybridized carbons (Fsp3) is 0.529. The Morgan fingerprint density at radius 2 is 1.09 bits per heavy atom. The average molecular weight is 1600 g/mol. The van der Waals surface area contributed by atoms with Gasteiger partial charge in [-0.15, -0.1) is 0 Å². The Hall–Kier alpha value is -8.02. The number of hydrogen-bond donors (Lipinski definition) is 15. The topological polar surface area (TPSA) is 468 Å². The van der Waals surface area contributed by atoms with Gasteiger partial charge in [0.15, 0.2) is 0 Å². The largest absolute Gasteiger partial charge is 0.508 e. The van der Waals surface area contributed by atoms with Gasteiger partial charge in [-0.05, 0) is 99.1 Å². The second-order valence-corrected chi connectivity index (χ2v) is 26.4. The van der Waals surface area contributed by atoms with Gasteiger partial charge in [0.05, 0.1) is 38.0 Å². The number of amides is 8. The minimum absolute atomic E-state index is 0. The van der Waals surface area contributed by atoms with Crippen LogP contribution in [0.25, 0.3) is 10.9 Å². The third-order valence-electron chi connectivity index (χ3n) is 17.4. The molecule has 3 aromatic carbocycles. The van der Waals surface area contributed by atoms with Crippen LogP contribution in [-0.4, -0.2) is 290 Å². The number of benzene rings is 3. The van der Waals surface area contributed by atoms with Crippen molar-refractivity contribution in [3.05, 3.63) is 102 Å². The number of carbonyl (C=O) groups is 12. The van der Waals surface area contributed by atoms with Crippen molar-refractivity contribution in [1.82, 2.24) is 66.7 Å². The Kier molecular flexibility index (Phi) is 36.4. The number of rotatable bonds is 31. The minimum atomic E-state index is -1.70. The first-order chi connectivity index (χ1) is 48.3. The number of likely N-dealkylation sites (N-methyl/N-ethyl adjacent to an activating group) is 1. The van der Waals surface area contributed by atoms with Gasteiger partial charge in [0.25, 0.3) is 0 Å². The summed E-state index contributed by atoms with van der Waals surface area (Å²) in [4.78, 5) is 174. The first-order valence-corrected chi connectivity index (χ1v) is 34.9. The molecular weight excluding hydrogens is 1510 g/mol. The van der Waals surface area contributed by atoms with E-state index in [9.17, 15) is 73.8 Å². The number of aromatic nitrogens is 1. The minimum Gasteiger partial charge on any atom is -0.508 e. The molecule has 1 radical (unpaired) electrons. The standard InChI is InChI=1S/C68H96N14O18S.Lu/c1-43(83)61-66(97)76-54(35-44-12-4-3-5-13-44)67(98)78(2)55(65(96)75-52(34-45-18-20-47(84)21-19-45)63(94)74-53(36-46-37-71-49-15-7-6-14-48(46)49)64(95)73-50(62(93)77-61)16-8-10-23-69)22-33-101-42-57(86)72-51(68(99)100)17-9-11-24-70-56(85)38-79-25-27-80(39-58(87)88)29-31-82(41-60(91)92)32-30-81(28-26-79)40-59(89)90;/h3-7,12-15,18-21,37,43,50-55,61,71,83-84H,8-11,16-17,22-36,38-42,69H2,1-2H3,(H,70,85)(H,72,86)(H,73,95)(H,74,94)(H,75,96)(H,76,97)(H,77,93)(H,87,88)(H,89,90)(H,91,92)(H,99,100);/t43-,50+,51-,52+,53-,54+,55+,61+;/m1./s1. The summed E-state index contributed by atoms with van der Waals surface area (Å²) in [5.74, 6) is -11.4. The zero-order valence-corrected chi connectivity index (χ0v) is 59.6. The molecule has 0 saturated carbocycles. The maximum atomic E-state index is 15.2. The van der Waals surface area contributed by atoms with Gasteiger partial charge < -0.3 is 83.5 Å². The third kappa shape index (κ3) is 29.0. The number of aliphatic carboxylic acids is 4. The van der Waals surface area contributed by atoms with Crippen LogP contribution in [-0.2, 0) is 76.8 Å². The molecule has 1 aromatic heterocycles. The summed E-state index contributed by atoms with van der Waals surface area (Å²) < 4.78 is 0. The van der Waals surface area contributed by atoms with Crippen LogP contribution in [0.4, 0.5) is 0 Å². The molecule has 32 nitrogen and oxygen atoms in total. The number of nitrogens with one attached hydrogen (secondary N) is 8. The Bertz CT molecular complexity index is 3420. The monoisotopic (exact) mass is 1600 g/mol. The second-order valence-electron chi connectivity index (χ2n) is 25.3. The Balaban J connectivity index is 0.0000187. The predicted octanol–water partition coefficient (Wildman–Crippen LogP) is -1.87. The molecule has 8 atom stereocenters. The molecule has 4 aromatic rings. The molecule has 16 N–H and O–H groups in total. The molecule has 3 heterocycles. The van der Waals surface area contributed by atoms with Crippen LogP contribution in [0.15, 0.2) is 85.1 Å². The van der Waals surface area contributed by atoms with Crippen LogP contribution in [0.5, 0.6) is 5.75 Å². The van der Waals surface area contributed by atoms with Gasteiger partial charge in [0.2, 0.25) is 47.3 Å². The smallest absolute Gasteiger partial charge is 0.326 e. The molecule has 2 aliphatic heterocycles. The van der Waals surface area contributed by atoms with Gasteiger partial charge in [-0.2, -0.15) is 11.8 Å². The molecule has 34 heteroatoms. The van der Waals surface area contributed by atoms with Crippen molar-refractivity contribution in [1.29, 1.82) is 0 Å². The number of nitrogens with two attached hydrogens (primary N) is 1. The molecule has 8 amide bonds. The van der Waals surface area contributed by atoms with E-state index < -0.39 is 120 Å². The van der Waals surface area contributed by atoms with E-state index in [1.807, 2.05) is 18.2 Å². The van der Waals surface area contributed by atoms with Crippen molar-refractivity contribution >= 4 is 93.8 Å². The number of carbonyl (C=O) groups excluding carboxylic acids is 8. The van der Waals surface area contributed by atoms with Crippen molar-refractivity contribution in [3.63, 3.8) is 0 Å². The first kappa shape index (κ1) is 84.6. The summed E-state index contributed by atoms with van der Waals surface area (Å²) in [5, 5.41) is 79.9. The molecule has 2 fully saturated rings. The molecule has 0 bridgehead atoms. The van der Waals surface area contributed by atoms with Gasteiger partial charge in [0.1, 0.15) is 48.0 Å². The number of carboxylic acid groups (broad SMARTS) is 4. The molecule has 0 unspecified atom stereocenters. The zero-order chi connectivity index (χ0) is 73.5. The van der Waals surface area contributed by atoms with E-state index in [-0.39, 0.29) is 191 Å². The predicted molar refractivity (Wildman–Crippen MR) is 372 cm³/mol. The van der Waals surface area contributed by atoms with Gasteiger partial charge in [-0.3, -0.25) is 72.3 Å². The average Bonchev–Trinajstić information content (AvgIpc) is 1.52. The zero-order valence-electron chi connectivity index (χ0n) is 57.1. The molecule has 567 valence electrons. The number of unbranched alkanes of at least 4 members (excludes halogenated alkanes) is 2. The summed E-state index contributed by atoms with van der Waals surface area (Å²) in [6.07, 6.45) is 0.672. The van der Waals surface area contributed by atoms with Crippen LogP contribution >= 0.6 is 11.8 Å². The number of aromatic hydroxyl groups is 1. The van der Waals surface area contributed by atoms with Crippen LogP contribution in [0.2, 0.25) is 0 Å². The fourth-order valence-electron chi connectivity index (χ4n) is 11.8.